The molecular weight excluding hydrogens is 440 g/mol. The molecule has 1 atom stereocenters. The van der Waals surface area contributed by atoms with E-state index in [-0.39, 0.29) is 11.1 Å². The van der Waals surface area contributed by atoms with E-state index in [0.29, 0.717) is 38.6 Å². The molecule has 30 heavy (non-hydrogen) atoms. The summed E-state index contributed by atoms with van der Waals surface area (Å²) in [7, 11) is 0. The standard InChI is InChI=1S/C21H21ClN4O2S2/c1-4-11(2)7-15-12(3)30-20-18(15)19(28)24-21(25-20)29-10-14-8-17(27)26-9-13(22)5-6-16(26)23-14/h5-6,8-9,11H,4,7,10H2,1-3H3,(H,24,25,28). The van der Waals surface area contributed by atoms with Gasteiger partial charge in [0, 0.05) is 22.9 Å². The Morgan fingerprint density at radius 1 is 1.30 bits per heavy atom. The third-order valence-corrected chi connectivity index (χ3v) is 7.30. The summed E-state index contributed by atoms with van der Waals surface area (Å²) in [6.45, 7) is 6.41. The third-order valence-electron chi connectivity index (χ3n) is 5.12. The van der Waals surface area contributed by atoms with Crippen molar-refractivity contribution in [2.75, 3.05) is 0 Å². The summed E-state index contributed by atoms with van der Waals surface area (Å²) in [6, 6.07) is 4.88. The summed E-state index contributed by atoms with van der Waals surface area (Å²) < 4.78 is 1.41. The van der Waals surface area contributed by atoms with Crippen molar-refractivity contribution in [3.8, 4) is 0 Å². The number of pyridine rings is 1. The molecule has 0 saturated carbocycles. The average Bonchev–Trinajstić information content (AvgIpc) is 3.02. The average molecular weight is 461 g/mol. The molecule has 0 saturated heterocycles. The Bertz CT molecular complexity index is 1360. The van der Waals surface area contributed by atoms with Gasteiger partial charge in [-0.3, -0.25) is 14.0 Å². The van der Waals surface area contributed by atoms with Crippen LogP contribution in [0.4, 0.5) is 0 Å². The van der Waals surface area contributed by atoms with E-state index < -0.39 is 0 Å². The second kappa shape index (κ2) is 8.53. The molecule has 0 aromatic carbocycles. The number of thiophene rings is 1. The van der Waals surface area contributed by atoms with Crippen molar-refractivity contribution in [2.45, 2.75) is 44.5 Å². The molecule has 4 rings (SSSR count). The maximum atomic E-state index is 12.8. The molecule has 6 nitrogen and oxygen atoms in total. The van der Waals surface area contributed by atoms with E-state index in [1.807, 2.05) is 0 Å². The van der Waals surface area contributed by atoms with Gasteiger partial charge in [0.25, 0.3) is 11.1 Å². The number of aromatic nitrogens is 4. The van der Waals surface area contributed by atoms with Crippen molar-refractivity contribution in [3.63, 3.8) is 0 Å². The van der Waals surface area contributed by atoms with Crippen LogP contribution < -0.4 is 11.1 Å². The minimum absolute atomic E-state index is 0.105. The van der Waals surface area contributed by atoms with Crippen molar-refractivity contribution in [3.05, 3.63) is 66.3 Å². The third kappa shape index (κ3) is 4.17. The molecule has 4 aromatic rings. The number of aromatic amines is 1. The van der Waals surface area contributed by atoms with Gasteiger partial charge in [-0.15, -0.1) is 11.3 Å². The lowest BCUT2D eigenvalue weighted by Crippen LogP contribution is -2.15. The Labute approximate surface area is 186 Å². The number of nitrogens with zero attached hydrogens (tertiary/aromatic N) is 3. The molecule has 156 valence electrons. The molecule has 4 heterocycles. The molecule has 0 aliphatic rings. The fourth-order valence-electron chi connectivity index (χ4n) is 3.30. The first-order chi connectivity index (χ1) is 14.4. The normalized spacial score (nSPS) is 12.7. The molecular formula is C21H21ClN4O2S2. The number of fused-ring (bicyclic) bond motifs is 2. The highest BCUT2D eigenvalue weighted by Crippen LogP contribution is 2.31. The second-order valence-corrected chi connectivity index (χ2v) is 9.96. The predicted octanol–water partition coefficient (Wildman–Crippen LogP) is 4.84. The second-order valence-electron chi connectivity index (χ2n) is 7.36. The first-order valence-corrected chi connectivity index (χ1v) is 11.9. The van der Waals surface area contributed by atoms with Crippen molar-refractivity contribution in [1.82, 2.24) is 19.4 Å². The summed E-state index contributed by atoms with van der Waals surface area (Å²) in [5.74, 6) is 0.940. The van der Waals surface area contributed by atoms with Crippen molar-refractivity contribution in [1.29, 1.82) is 0 Å². The van der Waals surface area contributed by atoms with E-state index in [1.54, 1.807) is 29.7 Å². The SMILES string of the molecule is CCC(C)Cc1c(C)sc2nc(SCc3cc(=O)n4cc(Cl)ccc4n3)[nH]c(=O)c12. The van der Waals surface area contributed by atoms with E-state index >= 15 is 0 Å². The molecule has 0 aliphatic heterocycles. The molecule has 0 spiro atoms. The molecule has 0 amide bonds. The molecule has 0 fully saturated rings. The Hall–Kier alpha value is -2.16. The highest BCUT2D eigenvalue weighted by atomic mass is 35.5. The van der Waals surface area contributed by atoms with Crippen LogP contribution in [-0.2, 0) is 12.2 Å². The zero-order chi connectivity index (χ0) is 21.4. The van der Waals surface area contributed by atoms with Gasteiger partial charge in [0.2, 0.25) is 0 Å². The van der Waals surface area contributed by atoms with Crippen LogP contribution in [0, 0.1) is 12.8 Å². The van der Waals surface area contributed by atoms with Crippen LogP contribution in [0.15, 0.2) is 39.1 Å². The van der Waals surface area contributed by atoms with Crippen LogP contribution in [0.3, 0.4) is 0 Å². The molecule has 1 unspecified atom stereocenters. The lowest BCUT2D eigenvalue weighted by molar-refractivity contribution is 0.561. The summed E-state index contributed by atoms with van der Waals surface area (Å²) in [5, 5.41) is 1.71. The van der Waals surface area contributed by atoms with E-state index in [1.165, 1.54) is 22.2 Å². The van der Waals surface area contributed by atoms with Gasteiger partial charge >= 0.3 is 0 Å². The number of halogens is 1. The summed E-state index contributed by atoms with van der Waals surface area (Å²) in [5.41, 5.74) is 1.96. The van der Waals surface area contributed by atoms with Gasteiger partial charge in [-0.25, -0.2) is 9.97 Å². The van der Waals surface area contributed by atoms with Crippen molar-refractivity contribution < 1.29 is 0 Å². The van der Waals surface area contributed by atoms with Gasteiger partial charge in [-0.05, 0) is 37.0 Å². The quantitative estimate of drug-likeness (QED) is 0.329. The Kier molecular flexibility index (Phi) is 5.99. The topological polar surface area (TPSA) is 80.1 Å². The fraction of sp³-hybridized carbons (Fsp3) is 0.333. The van der Waals surface area contributed by atoms with Gasteiger partial charge < -0.3 is 4.98 Å². The lowest BCUT2D eigenvalue weighted by Gasteiger charge is -2.08. The van der Waals surface area contributed by atoms with Gasteiger partial charge in [0.1, 0.15) is 10.5 Å². The van der Waals surface area contributed by atoms with Crippen LogP contribution >= 0.6 is 34.7 Å². The number of rotatable bonds is 6. The Balaban J connectivity index is 1.62. The van der Waals surface area contributed by atoms with E-state index in [0.717, 1.165) is 28.1 Å². The van der Waals surface area contributed by atoms with E-state index in [2.05, 4.69) is 35.7 Å². The first kappa shape index (κ1) is 21.1. The minimum Gasteiger partial charge on any atom is -0.301 e. The lowest BCUT2D eigenvalue weighted by atomic mass is 9.98. The number of hydrogen-bond acceptors (Lipinski definition) is 6. The van der Waals surface area contributed by atoms with E-state index in [9.17, 15) is 9.59 Å². The highest BCUT2D eigenvalue weighted by molar-refractivity contribution is 7.98. The minimum atomic E-state index is -0.196. The molecule has 0 bridgehead atoms. The summed E-state index contributed by atoms with van der Waals surface area (Å²) in [4.78, 5) is 39.1. The smallest absolute Gasteiger partial charge is 0.260 e. The maximum absolute atomic E-state index is 12.8. The fourth-order valence-corrected chi connectivity index (χ4v) is 5.33. The van der Waals surface area contributed by atoms with Gasteiger partial charge in [0.05, 0.1) is 16.1 Å². The first-order valence-electron chi connectivity index (χ1n) is 9.68. The number of aryl methyl sites for hydroxylation is 1. The van der Waals surface area contributed by atoms with Crippen LogP contribution in [0.25, 0.3) is 15.9 Å². The monoisotopic (exact) mass is 460 g/mol. The molecule has 1 N–H and O–H groups in total. The van der Waals surface area contributed by atoms with Crippen molar-refractivity contribution in [2.24, 2.45) is 5.92 Å². The van der Waals surface area contributed by atoms with Gasteiger partial charge in [-0.2, -0.15) is 0 Å². The maximum Gasteiger partial charge on any atom is 0.260 e. The van der Waals surface area contributed by atoms with Crippen LogP contribution in [-0.4, -0.2) is 19.4 Å². The van der Waals surface area contributed by atoms with Crippen LogP contribution in [0.5, 0.6) is 0 Å². The molecule has 0 radical (unpaired) electrons. The van der Waals surface area contributed by atoms with Crippen molar-refractivity contribution >= 4 is 50.6 Å². The highest BCUT2D eigenvalue weighted by Gasteiger charge is 2.17. The molecule has 4 aromatic heterocycles. The van der Waals surface area contributed by atoms with Gasteiger partial charge in [0.15, 0.2) is 5.16 Å². The van der Waals surface area contributed by atoms with Crippen LogP contribution in [0.1, 0.15) is 36.4 Å². The summed E-state index contributed by atoms with van der Waals surface area (Å²) >= 11 is 8.87. The number of nitrogens with one attached hydrogen (secondary N) is 1. The van der Waals surface area contributed by atoms with E-state index in [4.69, 9.17) is 11.6 Å². The number of H-pyrrole nitrogens is 1. The Morgan fingerprint density at radius 3 is 2.87 bits per heavy atom. The zero-order valence-electron chi connectivity index (χ0n) is 16.9. The molecule has 0 aliphatic carbocycles. The number of hydrogen-bond donors (Lipinski definition) is 1. The van der Waals surface area contributed by atoms with Crippen LogP contribution in [0.2, 0.25) is 5.02 Å². The number of thioether (sulfide) groups is 1. The summed E-state index contributed by atoms with van der Waals surface area (Å²) in [6.07, 6.45) is 3.50. The Morgan fingerprint density at radius 2 is 2.10 bits per heavy atom. The predicted molar refractivity (Wildman–Crippen MR) is 124 cm³/mol. The zero-order valence-corrected chi connectivity index (χ0v) is 19.2. The largest absolute Gasteiger partial charge is 0.301 e. The molecule has 9 heteroatoms. The van der Waals surface area contributed by atoms with Gasteiger partial charge in [-0.1, -0.05) is 43.6 Å².